The number of halogens is 1. The van der Waals surface area contributed by atoms with Crippen LogP contribution >= 0.6 is 11.6 Å². The van der Waals surface area contributed by atoms with Crippen LogP contribution in [-0.2, 0) is 0 Å². The van der Waals surface area contributed by atoms with Crippen LogP contribution in [0.4, 0.5) is 5.69 Å². The highest BCUT2D eigenvalue weighted by Crippen LogP contribution is 2.26. The molecule has 0 saturated carbocycles. The molecule has 3 aromatic rings. The quantitative estimate of drug-likeness (QED) is 0.399. The Kier molecular flexibility index (Phi) is 5.05. The predicted octanol–water partition coefficient (Wildman–Crippen LogP) is 4.26. The molecule has 0 spiro atoms. The molecule has 1 amide bonds. The van der Waals surface area contributed by atoms with Crippen molar-refractivity contribution in [3.63, 3.8) is 0 Å². The summed E-state index contributed by atoms with van der Waals surface area (Å²) in [6.07, 6.45) is 0. The number of hydrogen-bond acceptors (Lipinski definition) is 5. The van der Waals surface area contributed by atoms with Crippen LogP contribution < -0.4 is 5.43 Å². The zero-order valence-corrected chi connectivity index (χ0v) is 14.9. The van der Waals surface area contributed by atoms with Gasteiger partial charge in [0.15, 0.2) is 0 Å². The Labute approximate surface area is 159 Å². The van der Waals surface area contributed by atoms with Crippen LogP contribution in [0.25, 0.3) is 10.8 Å². The highest BCUT2D eigenvalue weighted by Gasteiger charge is 2.15. The van der Waals surface area contributed by atoms with E-state index in [9.17, 15) is 20.0 Å². The van der Waals surface area contributed by atoms with Gasteiger partial charge in [-0.25, -0.2) is 5.43 Å². The van der Waals surface area contributed by atoms with E-state index in [2.05, 4.69) is 10.5 Å². The van der Waals surface area contributed by atoms with E-state index in [1.807, 2.05) is 24.3 Å². The number of nitro benzene ring substituents is 1. The predicted molar refractivity (Wildman–Crippen MR) is 103 cm³/mol. The molecule has 0 heterocycles. The zero-order chi connectivity index (χ0) is 19.6. The monoisotopic (exact) mass is 383 g/mol. The molecule has 0 aliphatic heterocycles. The van der Waals surface area contributed by atoms with Crippen LogP contribution in [0.15, 0.2) is 59.7 Å². The smallest absolute Gasteiger partial charge is 0.288 e. The van der Waals surface area contributed by atoms with E-state index in [4.69, 9.17) is 11.6 Å². The largest absolute Gasteiger partial charge is 0.507 e. The van der Waals surface area contributed by atoms with E-state index in [1.54, 1.807) is 19.1 Å². The van der Waals surface area contributed by atoms with Crippen LogP contribution in [0, 0.1) is 10.1 Å². The van der Waals surface area contributed by atoms with Gasteiger partial charge in [0, 0.05) is 11.6 Å². The first-order valence-electron chi connectivity index (χ1n) is 7.87. The number of hydrogen-bond donors (Lipinski definition) is 2. The van der Waals surface area contributed by atoms with Crippen molar-refractivity contribution in [1.82, 2.24) is 5.43 Å². The van der Waals surface area contributed by atoms with Gasteiger partial charge in [-0.3, -0.25) is 14.9 Å². The maximum atomic E-state index is 12.4. The average molecular weight is 384 g/mol. The average Bonchev–Trinajstić information content (AvgIpc) is 2.65. The highest BCUT2D eigenvalue weighted by molar-refractivity contribution is 6.32. The Hall–Kier alpha value is -3.45. The summed E-state index contributed by atoms with van der Waals surface area (Å²) in [4.78, 5) is 22.8. The first kappa shape index (κ1) is 18.3. The van der Waals surface area contributed by atoms with E-state index < -0.39 is 10.8 Å². The van der Waals surface area contributed by atoms with Crippen molar-refractivity contribution in [3.05, 3.63) is 80.9 Å². The summed E-state index contributed by atoms with van der Waals surface area (Å²) in [5, 5.41) is 26.6. The molecule has 2 N–H and O–H groups in total. The molecule has 0 atom stereocenters. The van der Waals surface area contributed by atoms with E-state index in [0.717, 1.165) is 10.8 Å². The number of benzene rings is 3. The fraction of sp³-hybridized carbons (Fsp3) is 0.0526. The van der Waals surface area contributed by atoms with Crippen LogP contribution in [0.3, 0.4) is 0 Å². The van der Waals surface area contributed by atoms with Crippen LogP contribution in [0.5, 0.6) is 5.75 Å². The van der Waals surface area contributed by atoms with Crippen LogP contribution in [0.2, 0.25) is 5.02 Å². The Morgan fingerprint density at radius 1 is 1.15 bits per heavy atom. The highest BCUT2D eigenvalue weighted by atomic mass is 35.5. The second kappa shape index (κ2) is 7.43. The molecule has 27 heavy (non-hydrogen) atoms. The van der Waals surface area contributed by atoms with Gasteiger partial charge in [0.1, 0.15) is 10.8 Å². The topological polar surface area (TPSA) is 105 Å². The molecular weight excluding hydrogens is 370 g/mol. The molecule has 0 aliphatic rings. The van der Waals surface area contributed by atoms with Crippen molar-refractivity contribution < 1.29 is 14.8 Å². The number of amides is 1. The van der Waals surface area contributed by atoms with E-state index in [0.29, 0.717) is 11.3 Å². The van der Waals surface area contributed by atoms with Gasteiger partial charge < -0.3 is 5.11 Å². The molecule has 8 heteroatoms. The number of phenols is 1. The second-order valence-electron chi connectivity index (χ2n) is 5.78. The number of hydrazone groups is 1. The summed E-state index contributed by atoms with van der Waals surface area (Å²) in [5.41, 5.74) is 2.97. The summed E-state index contributed by atoms with van der Waals surface area (Å²) in [7, 11) is 0. The number of nitrogens with one attached hydrogen (secondary N) is 1. The maximum Gasteiger partial charge on any atom is 0.288 e. The molecule has 7 nitrogen and oxygen atoms in total. The number of rotatable bonds is 4. The summed E-state index contributed by atoms with van der Waals surface area (Å²) in [6.45, 7) is 1.59. The van der Waals surface area contributed by atoms with Crippen molar-refractivity contribution >= 4 is 39.7 Å². The van der Waals surface area contributed by atoms with Gasteiger partial charge in [-0.1, -0.05) is 41.9 Å². The lowest BCUT2D eigenvalue weighted by molar-refractivity contribution is -0.384. The van der Waals surface area contributed by atoms with Crippen LogP contribution in [-0.4, -0.2) is 21.6 Å². The Morgan fingerprint density at radius 3 is 2.48 bits per heavy atom. The van der Waals surface area contributed by atoms with Gasteiger partial charge in [-0.2, -0.15) is 5.10 Å². The molecule has 0 aromatic heterocycles. The molecule has 0 bridgehead atoms. The summed E-state index contributed by atoms with van der Waals surface area (Å²) in [5.74, 6) is -0.762. The van der Waals surface area contributed by atoms with Crippen molar-refractivity contribution in [2.24, 2.45) is 5.10 Å². The van der Waals surface area contributed by atoms with E-state index >= 15 is 0 Å². The molecule has 136 valence electrons. The fourth-order valence-corrected chi connectivity index (χ4v) is 2.73. The molecular formula is C19H14ClN3O4. The molecule has 0 radical (unpaired) electrons. The van der Waals surface area contributed by atoms with Crippen molar-refractivity contribution in [2.75, 3.05) is 0 Å². The minimum absolute atomic E-state index is 0.0154. The number of aromatic hydroxyl groups is 1. The van der Waals surface area contributed by atoms with Gasteiger partial charge >= 0.3 is 0 Å². The first-order valence-corrected chi connectivity index (χ1v) is 8.25. The van der Waals surface area contributed by atoms with E-state index in [-0.39, 0.29) is 22.0 Å². The minimum atomic E-state index is -0.596. The third-order valence-electron chi connectivity index (χ3n) is 3.99. The van der Waals surface area contributed by atoms with Crippen molar-refractivity contribution in [3.8, 4) is 5.75 Å². The lowest BCUT2D eigenvalue weighted by Gasteiger charge is -2.07. The molecule has 0 aliphatic carbocycles. The fourth-order valence-electron chi connectivity index (χ4n) is 2.55. The summed E-state index contributed by atoms with van der Waals surface area (Å²) in [6, 6.07) is 14.6. The van der Waals surface area contributed by atoms with Gasteiger partial charge in [0.05, 0.1) is 16.2 Å². The molecule has 3 aromatic carbocycles. The normalized spacial score (nSPS) is 11.4. The summed E-state index contributed by atoms with van der Waals surface area (Å²) < 4.78 is 0. The lowest BCUT2D eigenvalue weighted by atomic mass is 10.1. The third-order valence-corrected chi connectivity index (χ3v) is 4.31. The van der Waals surface area contributed by atoms with Crippen molar-refractivity contribution in [1.29, 1.82) is 0 Å². The Bertz CT molecular complexity index is 1100. The maximum absolute atomic E-state index is 12.4. The first-order chi connectivity index (χ1) is 12.9. The van der Waals surface area contributed by atoms with Gasteiger partial charge in [-0.05, 0) is 35.9 Å². The van der Waals surface area contributed by atoms with Crippen molar-refractivity contribution in [2.45, 2.75) is 6.92 Å². The third kappa shape index (κ3) is 3.88. The molecule has 0 unspecified atom stereocenters. The molecule has 3 rings (SSSR count). The SMILES string of the molecule is C/C(=N\NC(=O)c1cc2ccccc2cc1O)c1ccc(Cl)c([N+](=O)[O-])c1. The lowest BCUT2D eigenvalue weighted by Crippen LogP contribution is -2.19. The number of phenolic OH excluding ortho intramolecular Hbond substituents is 1. The number of carbonyl (C=O) groups excluding carboxylic acids is 1. The number of fused-ring (bicyclic) bond motifs is 1. The van der Waals surface area contributed by atoms with Gasteiger partial charge in [0.2, 0.25) is 0 Å². The molecule has 0 fully saturated rings. The second-order valence-corrected chi connectivity index (χ2v) is 6.19. The molecule has 0 saturated heterocycles. The van der Waals surface area contributed by atoms with Gasteiger partial charge in [0.25, 0.3) is 11.6 Å². The standard InChI is InChI=1S/C19H14ClN3O4/c1-11(12-6-7-16(20)17(9-12)23(26)27)21-22-19(25)15-8-13-4-2-3-5-14(13)10-18(15)24/h2-10,24H,1H3,(H,22,25)/b21-11+. The van der Waals surface area contributed by atoms with Crippen LogP contribution in [0.1, 0.15) is 22.8 Å². The Morgan fingerprint density at radius 2 is 1.81 bits per heavy atom. The Balaban J connectivity index is 1.85. The number of nitrogens with zero attached hydrogens (tertiary/aromatic N) is 2. The summed E-state index contributed by atoms with van der Waals surface area (Å²) >= 11 is 5.79. The van der Waals surface area contributed by atoms with Gasteiger partial charge in [-0.15, -0.1) is 0 Å². The number of carbonyl (C=O) groups is 1. The minimum Gasteiger partial charge on any atom is -0.507 e. The zero-order valence-electron chi connectivity index (χ0n) is 14.1. The van der Waals surface area contributed by atoms with E-state index in [1.165, 1.54) is 18.2 Å². The number of nitro groups is 1.